The molecule has 0 aliphatic rings. The third-order valence-corrected chi connectivity index (χ3v) is 3.86. The van der Waals surface area contributed by atoms with Crippen LogP contribution in [-0.4, -0.2) is 9.85 Å². The highest BCUT2D eigenvalue weighted by atomic mass is 32.1. The molecule has 1 nitrogen and oxygen atoms in total. The van der Waals surface area contributed by atoms with Crippen molar-refractivity contribution in [2.45, 2.75) is 6.42 Å². The standard InChI is InChI=1S/C19H15NS/c21-19(18-7-4-12-20-14-18)17-10-8-16(9-11-17)13-15-5-2-1-3-6-15/h1-12,14H,13H2. The fourth-order valence-electron chi connectivity index (χ4n) is 2.27. The van der Waals surface area contributed by atoms with E-state index in [2.05, 4.69) is 53.5 Å². The maximum atomic E-state index is 5.52. The second kappa shape index (κ2) is 6.42. The van der Waals surface area contributed by atoms with E-state index >= 15 is 0 Å². The molecule has 0 aliphatic carbocycles. The summed E-state index contributed by atoms with van der Waals surface area (Å²) in [5.41, 5.74) is 4.66. The van der Waals surface area contributed by atoms with Crippen LogP contribution in [0.2, 0.25) is 0 Å². The van der Waals surface area contributed by atoms with Gasteiger partial charge in [-0.3, -0.25) is 4.98 Å². The minimum absolute atomic E-state index is 0.842. The smallest absolute Gasteiger partial charge is 0.0537 e. The van der Waals surface area contributed by atoms with E-state index < -0.39 is 0 Å². The lowest BCUT2D eigenvalue weighted by Crippen LogP contribution is -2.00. The Morgan fingerprint density at radius 1 is 0.762 bits per heavy atom. The van der Waals surface area contributed by atoms with Crippen LogP contribution in [0.3, 0.4) is 0 Å². The van der Waals surface area contributed by atoms with Crippen molar-refractivity contribution in [1.29, 1.82) is 0 Å². The zero-order chi connectivity index (χ0) is 14.5. The van der Waals surface area contributed by atoms with Crippen molar-refractivity contribution >= 4 is 17.1 Å². The third-order valence-electron chi connectivity index (χ3n) is 3.39. The molecule has 0 aliphatic heterocycles. The van der Waals surface area contributed by atoms with Crippen molar-refractivity contribution in [2.24, 2.45) is 0 Å². The number of thiocarbonyl (C=S) groups is 1. The van der Waals surface area contributed by atoms with E-state index in [-0.39, 0.29) is 0 Å². The molecule has 0 saturated heterocycles. The Morgan fingerprint density at radius 2 is 1.48 bits per heavy atom. The third kappa shape index (κ3) is 3.41. The predicted octanol–water partition coefficient (Wildman–Crippen LogP) is 4.44. The molecule has 1 heterocycles. The summed E-state index contributed by atoms with van der Waals surface area (Å²) in [6, 6.07) is 22.8. The Hall–Kier alpha value is -2.32. The second-order valence-electron chi connectivity index (χ2n) is 4.93. The molecule has 0 amide bonds. The number of hydrogen-bond donors (Lipinski definition) is 0. The van der Waals surface area contributed by atoms with Crippen molar-refractivity contribution in [1.82, 2.24) is 4.98 Å². The SMILES string of the molecule is S=C(c1ccc(Cc2ccccc2)cc1)c1cccnc1. The maximum Gasteiger partial charge on any atom is 0.0537 e. The minimum atomic E-state index is 0.842. The molecule has 3 rings (SSSR count). The van der Waals surface area contributed by atoms with Gasteiger partial charge in [-0.15, -0.1) is 0 Å². The van der Waals surface area contributed by atoms with E-state index in [4.69, 9.17) is 12.2 Å². The van der Waals surface area contributed by atoms with Gasteiger partial charge in [-0.1, -0.05) is 72.9 Å². The predicted molar refractivity (Wildman–Crippen MR) is 90.7 cm³/mol. The number of rotatable bonds is 4. The summed E-state index contributed by atoms with van der Waals surface area (Å²) < 4.78 is 0. The molecule has 0 unspecified atom stereocenters. The molecule has 21 heavy (non-hydrogen) atoms. The summed E-state index contributed by atoms with van der Waals surface area (Å²) in [4.78, 5) is 4.96. The van der Waals surface area contributed by atoms with Crippen LogP contribution >= 0.6 is 12.2 Å². The van der Waals surface area contributed by atoms with Crippen molar-refractivity contribution in [3.8, 4) is 0 Å². The van der Waals surface area contributed by atoms with Crippen LogP contribution in [0, 0.1) is 0 Å². The van der Waals surface area contributed by atoms with E-state index in [1.54, 1.807) is 12.4 Å². The van der Waals surface area contributed by atoms with E-state index in [0.29, 0.717) is 0 Å². The Balaban J connectivity index is 1.77. The first kappa shape index (κ1) is 13.7. The summed E-state index contributed by atoms with van der Waals surface area (Å²) in [5, 5.41) is 0. The molecule has 0 bridgehead atoms. The topological polar surface area (TPSA) is 12.9 Å². The molecule has 0 spiro atoms. The molecule has 0 saturated carbocycles. The lowest BCUT2D eigenvalue weighted by molar-refractivity contribution is 1.19. The quantitative estimate of drug-likeness (QED) is 0.520. The van der Waals surface area contributed by atoms with Crippen LogP contribution in [0.15, 0.2) is 79.1 Å². The molecule has 0 fully saturated rings. The van der Waals surface area contributed by atoms with Crippen LogP contribution in [0.4, 0.5) is 0 Å². The minimum Gasteiger partial charge on any atom is -0.264 e. The normalized spacial score (nSPS) is 10.3. The Kier molecular flexibility index (Phi) is 4.17. The molecule has 102 valence electrons. The summed E-state index contributed by atoms with van der Waals surface area (Å²) >= 11 is 5.52. The maximum absolute atomic E-state index is 5.52. The summed E-state index contributed by atoms with van der Waals surface area (Å²) in [5.74, 6) is 0. The van der Waals surface area contributed by atoms with E-state index in [1.165, 1.54) is 11.1 Å². The van der Waals surface area contributed by atoms with Gasteiger partial charge >= 0.3 is 0 Å². The molecular formula is C19H15NS. The first-order chi connectivity index (χ1) is 10.3. The fourth-order valence-corrected chi connectivity index (χ4v) is 2.53. The van der Waals surface area contributed by atoms with Gasteiger partial charge in [-0.05, 0) is 29.2 Å². The summed E-state index contributed by atoms with van der Waals surface area (Å²) in [6.07, 6.45) is 4.51. The Labute approximate surface area is 130 Å². The number of benzene rings is 2. The number of pyridine rings is 1. The average Bonchev–Trinajstić information content (AvgIpc) is 2.57. The van der Waals surface area contributed by atoms with Gasteiger partial charge in [0.1, 0.15) is 0 Å². The molecule has 1 aromatic heterocycles. The first-order valence-corrected chi connectivity index (χ1v) is 7.31. The highest BCUT2D eigenvalue weighted by Gasteiger charge is 2.04. The lowest BCUT2D eigenvalue weighted by atomic mass is 10.0. The van der Waals surface area contributed by atoms with Gasteiger partial charge in [0.2, 0.25) is 0 Å². The molecule has 2 aromatic carbocycles. The van der Waals surface area contributed by atoms with Crippen LogP contribution < -0.4 is 0 Å². The number of nitrogens with zero attached hydrogens (tertiary/aromatic N) is 1. The number of hydrogen-bond acceptors (Lipinski definition) is 2. The fraction of sp³-hybridized carbons (Fsp3) is 0.0526. The van der Waals surface area contributed by atoms with E-state index in [1.807, 2.05) is 18.2 Å². The zero-order valence-corrected chi connectivity index (χ0v) is 12.4. The zero-order valence-electron chi connectivity index (χ0n) is 11.6. The molecular weight excluding hydrogens is 274 g/mol. The van der Waals surface area contributed by atoms with Gasteiger partial charge in [-0.2, -0.15) is 0 Å². The van der Waals surface area contributed by atoms with Gasteiger partial charge in [0.05, 0.1) is 4.86 Å². The van der Waals surface area contributed by atoms with Crippen LogP contribution in [0.5, 0.6) is 0 Å². The van der Waals surface area contributed by atoms with Crippen molar-refractivity contribution < 1.29 is 0 Å². The van der Waals surface area contributed by atoms with Gasteiger partial charge in [0.15, 0.2) is 0 Å². The van der Waals surface area contributed by atoms with Crippen molar-refractivity contribution in [2.75, 3.05) is 0 Å². The molecule has 3 aromatic rings. The van der Waals surface area contributed by atoms with Crippen molar-refractivity contribution in [3.63, 3.8) is 0 Å². The van der Waals surface area contributed by atoms with Crippen LogP contribution in [-0.2, 0) is 6.42 Å². The largest absolute Gasteiger partial charge is 0.264 e. The number of aromatic nitrogens is 1. The highest BCUT2D eigenvalue weighted by Crippen LogP contribution is 2.14. The van der Waals surface area contributed by atoms with E-state index in [0.717, 1.165) is 22.4 Å². The van der Waals surface area contributed by atoms with Crippen LogP contribution in [0.1, 0.15) is 22.3 Å². The monoisotopic (exact) mass is 289 g/mol. The first-order valence-electron chi connectivity index (χ1n) is 6.90. The van der Waals surface area contributed by atoms with Crippen LogP contribution in [0.25, 0.3) is 0 Å². The summed E-state index contributed by atoms with van der Waals surface area (Å²) in [6.45, 7) is 0. The van der Waals surface area contributed by atoms with Gasteiger partial charge in [0, 0.05) is 18.0 Å². The van der Waals surface area contributed by atoms with Gasteiger partial charge in [0.25, 0.3) is 0 Å². The molecule has 2 heteroatoms. The highest BCUT2D eigenvalue weighted by molar-refractivity contribution is 7.81. The lowest BCUT2D eigenvalue weighted by Gasteiger charge is -2.06. The molecule has 0 radical (unpaired) electrons. The second-order valence-corrected chi connectivity index (χ2v) is 5.34. The van der Waals surface area contributed by atoms with E-state index in [9.17, 15) is 0 Å². The molecule has 0 atom stereocenters. The Morgan fingerprint density at radius 3 is 2.14 bits per heavy atom. The van der Waals surface area contributed by atoms with Gasteiger partial charge in [-0.25, -0.2) is 0 Å². The average molecular weight is 289 g/mol. The Bertz CT molecular complexity index is 719. The summed E-state index contributed by atoms with van der Waals surface area (Å²) in [7, 11) is 0. The van der Waals surface area contributed by atoms with Crippen molar-refractivity contribution in [3.05, 3.63) is 101 Å². The van der Waals surface area contributed by atoms with Gasteiger partial charge < -0.3 is 0 Å². The molecule has 0 N–H and O–H groups in total.